The molecule has 0 aliphatic carbocycles. The van der Waals surface area contributed by atoms with E-state index < -0.39 is 11.7 Å². The Morgan fingerprint density at radius 1 is 1.19 bits per heavy atom. The van der Waals surface area contributed by atoms with Crippen LogP contribution in [0.25, 0.3) is 0 Å². The molecule has 5 nitrogen and oxygen atoms in total. The van der Waals surface area contributed by atoms with Crippen LogP contribution >= 0.6 is 0 Å². The van der Waals surface area contributed by atoms with Crippen molar-refractivity contribution >= 4 is 11.8 Å². The smallest absolute Gasteiger partial charge is 0.385 e. The summed E-state index contributed by atoms with van der Waals surface area (Å²) in [6.07, 6.45) is -2.59. The van der Waals surface area contributed by atoms with Crippen LogP contribution in [0.1, 0.15) is 35.2 Å². The Hall–Kier alpha value is -2.09. The Morgan fingerprint density at radius 2 is 1.81 bits per heavy atom. The third-order valence-electron chi connectivity index (χ3n) is 4.44. The van der Waals surface area contributed by atoms with Gasteiger partial charge in [-0.2, -0.15) is 13.2 Å². The fourth-order valence-electron chi connectivity index (χ4n) is 2.90. The summed E-state index contributed by atoms with van der Waals surface area (Å²) in [7, 11) is 1.60. The number of nitrogens with one attached hydrogen (secondary N) is 1. The number of carbonyl (C=O) groups is 2. The Morgan fingerprint density at radius 3 is 2.35 bits per heavy atom. The van der Waals surface area contributed by atoms with Crippen molar-refractivity contribution in [2.24, 2.45) is 5.92 Å². The van der Waals surface area contributed by atoms with Crippen LogP contribution in [0.4, 0.5) is 13.2 Å². The molecule has 1 saturated heterocycles. The minimum atomic E-state index is -4.42. The minimum absolute atomic E-state index is 0.0252. The largest absolute Gasteiger partial charge is 0.416 e. The second-order valence-electron chi connectivity index (χ2n) is 6.28. The van der Waals surface area contributed by atoms with E-state index in [0.717, 1.165) is 18.6 Å². The number of halogens is 3. The maximum Gasteiger partial charge on any atom is 0.416 e. The Kier molecular flexibility index (Phi) is 7.02. The first kappa shape index (κ1) is 20.2. The lowest BCUT2D eigenvalue weighted by atomic mass is 9.95. The number of benzene rings is 1. The van der Waals surface area contributed by atoms with Gasteiger partial charge in [-0.1, -0.05) is 0 Å². The van der Waals surface area contributed by atoms with E-state index in [1.807, 2.05) is 0 Å². The fraction of sp³-hybridized carbons (Fsp3) is 0.556. The molecule has 0 radical (unpaired) electrons. The molecule has 0 atom stereocenters. The minimum Gasteiger partial charge on any atom is -0.385 e. The van der Waals surface area contributed by atoms with Gasteiger partial charge < -0.3 is 15.0 Å². The molecule has 0 aromatic heterocycles. The van der Waals surface area contributed by atoms with Gasteiger partial charge in [0, 0.05) is 44.8 Å². The van der Waals surface area contributed by atoms with Gasteiger partial charge in [0.25, 0.3) is 5.91 Å². The first-order valence-corrected chi connectivity index (χ1v) is 8.56. The second kappa shape index (κ2) is 9.02. The lowest BCUT2D eigenvalue weighted by Gasteiger charge is -2.31. The van der Waals surface area contributed by atoms with Gasteiger partial charge in [0.2, 0.25) is 5.91 Å². The average molecular weight is 372 g/mol. The highest BCUT2D eigenvalue weighted by Gasteiger charge is 2.31. The van der Waals surface area contributed by atoms with Crippen LogP contribution in [0, 0.1) is 5.92 Å². The number of likely N-dealkylation sites (tertiary alicyclic amines) is 1. The Labute approximate surface area is 150 Å². The lowest BCUT2D eigenvalue weighted by molar-refractivity contribution is -0.137. The molecule has 1 fully saturated rings. The summed E-state index contributed by atoms with van der Waals surface area (Å²) in [4.78, 5) is 26.1. The normalized spacial score (nSPS) is 15.8. The molecule has 1 aliphatic rings. The summed E-state index contributed by atoms with van der Waals surface area (Å²) >= 11 is 0. The van der Waals surface area contributed by atoms with Gasteiger partial charge in [-0.15, -0.1) is 0 Å². The third kappa shape index (κ3) is 5.45. The molecule has 1 aromatic carbocycles. The van der Waals surface area contributed by atoms with Crippen molar-refractivity contribution in [3.8, 4) is 0 Å². The van der Waals surface area contributed by atoms with Crippen LogP contribution in [0.2, 0.25) is 0 Å². The molecule has 0 spiro atoms. The molecule has 1 heterocycles. The number of ether oxygens (including phenoxy) is 1. The highest BCUT2D eigenvalue weighted by molar-refractivity contribution is 5.94. The summed E-state index contributed by atoms with van der Waals surface area (Å²) < 4.78 is 42.7. The monoisotopic (exact) mass is 372 g/mol. The van der Waals surface area contributed by atoms with Crippen LogP contribution in [0.15, 0.2) is 24.3 Å². The molecule has 0 unspecified atom stereocenters. The Balaban J connectivity index is 1.83. The van der Waals surface area contributed by atoms with Crippen LogP contribution in [-0.4, -0.2) is 50.1 Å². The van der Waals surface area contributed by atoms with Gasteiger partial charge in [-0.3, -0.25) is 9.59 Å². The highest BCUT2D eigenvalue weighted by Crippen LogP contribution is 2.29. The zero-order valence-corrected chi connectivity index (χ0v) is 14.6. The van der Waals surface area contributed by atoms with Crippen molar-refractivity contribution in [3.63, 3.8) is 0 Å². The number of rotatable bonds is 6. The molecule has 8 heteroatoms. The molecule has 0 bridgehead atoms. The summed E-state index contributed by atoms with van der Waals surface area (Å²) in [6, 6.07) is 4.21. The van der Waals surface area contributed by atoms with Gasteiger partial charge in [0.1, 0.15) is 0 Å². The number of hydrogen-bond acceptors (Lipinski definition) is 3. The Bertz CT molecular complexity index is 609. The zero-order chi connectivity index (χ0) is 19.2. The molecule has 1 N–H and O–H groups in total. The van der Waals surface area contributed by atoms with Crippen LogP contribution in [0.5, 0.6) is 0 Å². The van der Waals surface area contributed by atoms with Gasteiger partial charge in [0.05, 0.1) is 5.56 Å². The fourth-order valence-corrected chi connectivity index (χ4v) is 2.90. The molecule has 1 aromatic rings. The molecular formula is C18H23F3N2O3. The molecule has 26 heavy (non-hydrogen) atoms. The number of alkyl halides is 3. The van der Waals surface area contributed by atoms with E-state index in [1.165, 1.54) is 12.1 Å². The van der Waals surface area contributed by atoms with Crippen LogP contribution < -0.4 is 5.32 Å². The van der Waals surface area contributed by atoms with Gasteiger partial charge in [-0.05, 0) is 43.5 Å². The predicted molar refractivity (Wildman–Crippen MR) is 89.6 cm³/mol. The summed E-state index contributed by atoms with van der Waals surface area (Å²) in [5, 5.41) is 2.85. The van der Waals surface area contributed by atoms with E-state index in [2.05, 4.69) is 5.32 Å². The zero-order valence-electron chi connectivity index (χ0n) is 14.6. The van der Waals surface area contributed by atoms with Crippen LogP contribution in [0.3, 0.4) is 0 Å². The summed E-state index contributed by atoms with van der Waals surface area (Å²) in [5.74, 6) is -0.477. The molecule has 1 aliphatic heterocycles. The predicted octanol–water partition coefficient (Wildman–Crippen LogP) is 2.71. The van der Waals surface area contributed by atoms with Crippen molar-refractivity contribution in [3.05, 3.63) is 35.4 Å². The van der Waals surface area contributed by atoms with E-state index in [1.54, 1.807) is 12.0 Å². The van der Waals surface area contributed by atoms with Gasteiger partial charge in [-0.25, -0.2) is 0 Å². The SMILES string of the molecule is COCCCNC(=O)C1CCN(C(=O)c2ccc(C(F)(F)F)cc2)CC1. The maximum absolute atomic E-state index is 12.6. The number of methoxy groups -OCH3 is 1. The van der Waals surface area contributed by atoms with E-state index in [-0.39, 0.29) is 23.3 Å². The van der Waals surface area contributed by atoms with Crippen molar-refractivity contribution in [2.45, 2.75) is 25.4 Å². The molecule has 2 amide bonds. The quantitative estimate of drug-likeness (QED) is 0.781. The standard InChI is InChI=1S/C18H23F3N2O3/c1-26-12-2-9-22-16(24)13-7-10-23(11-8-13)17(25)14-3-5-15(6-4-14)18(19,20)21/h3-6,13H,2,7-12H2,1H3,(H,22,24). The molecular weight excluding hydrogens is 349 g/mol. The average Bonchev–Trinajstić information content (AvgIpc) is 2.64. The number of nitrogens with zero attached hydrogens (tertiary/aromatic N) is 1. The van der Waals surface area contributed by atoms with Crippen LogP contribution in [-0.2, 0) is 15.7 Å². The van der Waals surface area contributed by atoms with Gasteiger partial charge in [0.15, 0.2) is 0 Å². The van der Waals surface area contributed by atoms with Crippen molar-refractivity contribution in [1.82, 2.24) is 10.2 Å². The summed E-state index contributed by atoms with van der Waals surface area (Å²) in [5.41, 5.74) is -0.557. The van der Waals surface area contributed by atoms with Gasteiger partial charge >= 0.3 is 6.18 Å². The number of hydrogen-bond donors (Lipinski definition) is 1. The molecule has 2 rings (SSSR count). The first-order valence-electron chi connectivity index (χ1n) is 8.56. The van der Waals surface area contributed by atoms with Crippen molar-refractivity contribution in [2.75, 3.05) is 33.4 Å². The first-order chi connectivity index (χ1) is 12.3. The lowest BCUT2D eigenvalue weighted by Crippen LogP contribution is -2.43. The molecule has 144 valence electrons. The van der Waals surface area contributed by atoms with E-state index in [9.17, 15) is 22.8 Å². The second-order valence-corrected chi connectivity index (χ2v) is 6.28. The number of amides is 2. The number of carbonyl (C=O) groups excluding carboxylic acids is 2. The van der Waals surface area contributed by atoms with E-state index >= 15 is 0 Å². The number of piperidine rings is 1. The highest BCUT2D eigenvalue weighted by atomic mass is 19.4. The van der Waals surface area contributed by atoms with E-state index in [4.69, 9.17) is 4.74 Å². The maximum atomic E-state index is 12.6. The third-order valence-corrected chi connectivity index (χ3v) is 4.44. The van der Waals surface area contributed by atoms with Crippen molar-refractivity contribution < 1.29 is 27.5 Å². The van der Waals surface area contributed by atoms with Crippen molar-refractivity contribution in [1.29, 1.82) is 0 Å². The topological polar surface area (TPSA) is 58.6 Å². The van der Waals surface area contributed by atoms with E-state index in [0.29, 0.717) is 39.1 Å². The molecule has 0 saturated carbocycles. The summed E-state index contributed by atoms with van der Waals surface area (Å²) in [6.45, 7) is 1.96.